The van der Waals surface area contributed by atoms with Crippen molar-refractivity contribution < 1.29 is 24.1 Å². The van der Waals surface area contributed by atoms with Crippen LogP contribution in [0.5, 0.6) is 17.2 Å². The molecule has 4 rings (SSSR count). The van der Waals surface area contributed by atoms with Crippen LogP contribution in [0, 0.1) is 12.8 Å². The number of aromatic carboxylic acids is 1. The Labute approximate surface area is 170 Å². The number of carboxylic acid groups (broad SMARTS) is 1. The maximum Gasteiger partial charge on any atom is 0.336 e. The quantitative estimate of drug-likeness (QED) is 0.724. The van der Waals surface area contributed by atoms with Gasteiger partial charge >= 0.3 is 5.97 Å². The van der Waals surface area contributed by atoms with Crippen LogP contribution in [0.4, 0.5) is 5.69 Å². The summed E-state index contributed by atoms with van der Waals surface area (Å²) in [6.45, 7) is 1.86. The molecule has 152 valence electrons. The average molecular weight is 395 g/mol. The van der Waals surface area contributed by atoms with Crippen molar-refractivity contribution in [3.05, 3.63) is 58.7 Å². The number of anilines is 1. The summed E-state index contributed by atoms with van der Waals surface area (Å²) in [6.07, 6.45) is 5.38. The van der Waals surface area contributed by atoms with E-state index in [1.807, 2.05) is 25.1 Å². The van der Waals surface area contributed by atoms with Gasteiger partial charge < -0.3 is 24.6 Å². The minimum absolute atomic E-state index is 0.0149. The molecule has 6 nitrogen and oxygen atoms in total. The number of carbonyl (C=O) groups is 1. The number of hydrogen-bond donors (Lipinski definition) is 2. The van der Waals surface area contributed by atoms with Crippen molar-refractivity contribution in [2.75, 3.05) is 26.6 Å². The largest absolute Gasteiger partial charge is 0.493 e. The third kappa shape index (κ3) is 2.99. The van der Waals surface area contributed by atoms with E-state index in [9.17, 15) is 9.90 Å². The molecule has 0 bridgehead atoms. The minimum atomic E-state index is -0.916. The Hall–Kier alpha value is -3.15. The summed E-state index contributed by atoms with van der Waals surface area (Å²) in [5.41, 5.74) is 4.14. The number of carboxylic acids is 1. The highest BCUT2D eigenvalue weighted by Gasteiger charge is 2.39. The molecule has 2 aromatic rings. The smallest absolute Gasteiger partial charge is 0.336 e. The lowest BCUT2D eigenvalue weighted by Crippen LogP contribution is -2.30. The summed E-state index contributed by atoms with van der Waals surface area (Å²) in [5.74, 6) is 1.40. The van der Waals surface area contributed by atoms with Gasteiger partial charge in [-0.15, -0.1) is 0 Å². The third-order valence-corrected chi connectivity index (χ3v) is 6.07. The lowest BCUT2D eigenvalue weighted by atomic mass is 9.76. The van der Waals surface area contributed by atoms with E-state index >= 15 is 0 Å². The number of fused-ring (bicyclic) bond motifs is 3. The molecule has 0 unspecified atom stereocenters. The van der Waals surface area contributed by atoms with Gasteiger partial charge in [0.05, 0.1) is 32.9 Å². The summed E-state index contributed by atoms with van der Waals surface area (Å²) in [6, 6.07) is 7.57. The number of methoxy groups -OCH3 is 3. The van der Waals surface area contributed by atoms with Crippen molar-refractivity contribution in [1.29, 1.82) is 0 Å². The molecule has 1 aliphatic heterocycles. The fourth-order valence-electron chi connectivity index (χ4n) is 4.66. The molecule has 0 radical (unpaired) electrons. The van der Waals surface area contributed by atoms with Crippen molar-refractivity contribution in [2.45, 2.75) is 25.3 Å². The van der Waals surface area contributed by atoms with Crippen molar-refractivity contribution in [1.82, 2.24) is 0 Å². The first-order chi connectivity index (χ1) is 14.0. The Morgan fingerprint density at radius 2 is 1.79 bits per heavy atom. The summed E-state index contributed by atoms with van der Waals surface area (Å²) in [4.78, 5) is 11.6. The fraction of sp³-hybridized carbons (Fsp3) is 0.348. The number of ether oxygens (including phenoxy) is 3. The average Bonchev–Trinajstić information content (AvgIpc) is 3.22. The molecule has 29 heavy (non-hydrogen) atoms. The van der Waals surface area contributed by atoms with E-state index in [0.717, 1.165) is 28.8 Å². The molecule has 6 heteroatoms. The maximum atomic E-state index is 11.6. The first-order valence-electron chi connectivity index (χ1n) is 9.60. The number of rotatable bonds is 5. The molecule has 1 heterocycles. The molecule has 0 saturated carbocycles. The Balaban J connectivity index is 1.85. The fourth-order valence-corrected chi connectivity index (χ4v) is 4.66. The zero-order chi connectivity index (χ0) is 20.7. The van der Waals surface area contributed by atoms with Gasteiger partial charge in [0.2, 0.25) is 5.75 Å². The van der Waals surface area contributed by atoms with Crippen molar-refractivity contribution in [2.24, 2.45) is 5.92 Å². The lowest BCUT2D eigenvalue weighted by molar-refractivity contribution is 0.0696. The Bertz CT molecular complexity index is 972. The van der Waals surface area contributed by atoms with Gasteiger partial charge in [0.1, 0.15) is 0 Å². The summed E-state index contributed by atoms with van der Waals surface area (Å²) < 4.78 is 16.5. The molecule has 0 saturated heterocycles. The number of allylic oxidation sites excluding steroid dienone is 2. The Kier molecular flexibility index (Phi) is 4.86. The number of benzene rings is 2. The van der Waals surface area contributed by atoms with E-state index in [0.29, 0.717) is 28.7 Å². The van der Waals surface area contributed by atoms with Gasteiger partial charge in [-0.1, -0.05) is 18.2 Å². The molecular weight excluding hydrogens is 370 g/mol. The van der Waals surface area contributed by atoms with Crippen molar-refractivity contribution >= 4 is 11.7 Å². The summed E-state index contributed by atoms with van der Waals surface area (Å²) >= 11 is 0. The highest BCUT2D eigenvalue weighted by atomic mass is 16.5. The van der Waals surface area contributed by atoms with Crippen LogP contribution in [0.3, 0.4) is 0 Å². The maximum absolute atomic E-state index is 11.6. The normalized spacial score (nSPS) is 21.7. The standard InChI is InChI=1S/C23H25NO5/c1-12-14(23(25)26)8-9-17-15-6-5-7-16(15)21(24-20(12)17)13-10-18(27-2)22(29-4)19(11-13)28-3/h5-6,8-11,15-16,21,24H,7H2,1-4H3,(H,25,26)/t15-,16+,21+/m1/s1. The van der Waals surface area contributed by atoms with Crippen LogP contribution in [0.25, 0.3) is 0 Å². The third-order valence-electron chi connectivity index (χ3n) is 6.07. The predicted molar refractivity (Wildman–Crippen MR) is 111 cm³/mol. The number of hydrogen-bond acceptors (Lipinski definition) is 5. The first-order valence-corrected chi connectivity index (χ1v) is 9.60. The second-order valence-electron chi connectivity index (χ2n) is 7.44. The monoisotopic (exact) mass is 395 g/mol. The highest BCUT2D eigenvalue weighted by Crippen LogP contribution is 2.52. The Morgan fingerprint density at radius 3 is 2.38 bits per heavy atom. The molecule has 0 fully saturated rings. The van der Waals surface area contributed by atoms with Crippen LogP contribution in [0.2, 0.25) is 0 Å². The van der Waals surface area contributed by atoms with Crippen molar-refractivity contribution in [3.8, 4) is 17.2 Å². The zero-order valence-electron chi connectivity index (χ0n) is 17.0. The molecule has 2 aromatic carbocycles. The second-order valence-corrected chi connectivity index (χ2v) is 7.44. The molecule has 2 aliphatic rings. The van der Waals surface area contributed by atoms with Crippen LogP contribution in [-0.4, -0.2) is 32.4 Å². The second kappa shape index (κ2) is 7.35. The van der Waals surface area contributed by atoms with E-state index < -0.39 is 5.97 Å². The van der Waals surface area contributed by atoms with Gasteiger partial charge in [-0.05, 0) is 54.2 Å². The molecule has 0 spiro atoms. The van der Waals surface area contributed by atoms with Crippen LogP contribution in [0.15, 0.2) is 36.4 Å². The van der Waals surface area contributed by atoms with E-state index in [1.54, 1.807) is 27.4 Å². The predicted octanol–water partition coefficient (Wildman–Crippen LogP) is 4.55. The molecular formula is C23H25NO5. The molecule has 0 amide bonds. The zero-order valence-corrected chi connectivity index (χ0v) is 17.0. The van der Waals surface area contributed by atoms with Crippen LogP contribution in [-0.2, 0) is 0 Å². The van der Waals surface area contributed by atoms with Gasteiger partial charge in [0, 0.05) is 11.6 Å². The highest BCUT2D eigenvalue weighted by molar-refractivity contribution is 5.92. The van der Waals surface area contributed by atoms with E-state index in [2.05, 4.69) is 17.5 Å². The molecule has 2 N–H and O–H groups in total. The van der Waals surface area contributed by atoms with Gasteiger partial charge in [0.25, 0.3) is 0 Å². The van der Waals surface area contributed by atoms with Crippen molar-refractivity contribution in [3.63, 3.8) is 0 Å². The molecule has 3 atom stereocenters. The lowest BCUT2D eigenvalue weighted by Gasteiger charge is -2.38. The van der Waals surface area contributed by atoms with E-state index in [-0.39, 0.29) is 12.0 Å². The minimum Gasteiger partial charge on any atom is -0.493 e. The van der Waals surface area contributed by atoms with Gasteiger partial charge in [-0.3, -0.25) is 0 Å². The van der Waals surface area contributed by atoms with Crippen LogP contribution < -0.4 is 19.5 Å². The summed E-state index contributed by atoms with van der Waals surface area (Å²) in [5, 5.41) is 13.2. The van der Waals surface area contributed by atoms with E-state index in [1.165, 1.54) is 0 Å². The van der Waals surface area contributed by atoms with Crippen LogP contribution >= 0.6 is 0 Å². The topological polar surface area (TPSA) is 77.0 Å². The van der Waals surface area contributed by atoms with Gasteiger partial charge in [-0.2, -0.15) is 0 Å². The molecule has 1 aliphatic carbocycles. The Morgan fingerprint density at radius 1 is 1.10 bits per heavy atom. The van der Waals surface area contributed by atoms with Gasteiger partial charge in [0.15, 0.2) is 11.5 Å². The first kappa shape index (κ1) is 19.2. The van der Waals surface area contributed by atoms with Crippen LogP contribution in [0.1, 0.15) is 45.4 Å². The number of nitrogens with one attached hydrogen (secondary N) is 1. The SMILES string of the molecule is COc1cc([C@@H]2Nc3c(ccc(C(=O)O)c3C)[C@@H]3C=CC[C@@H]32)cc(OC)c1OC. The summed E-state index contributed by atoms with van der Waals surface area (Å²) in [7, 11) is 4.80. The molecule has 0 aromatic heterocycles. The van der Waals surface area contributed by atoms with Gasteiger partial charge in [-0.25, -0.2) is 4.79 Å². The van der Waals surface area contributed by atoms with E-state index in [4.69, 9.17) is 14.2 Å².